The minimum Gasteiger partial charge on any atom is -0.303 e. The van der Waals surface area contributed by atoms with Gasteiger partial charge in [0.15, 0.2) is 0 Å². The number of imide groups is 1. The molecule has 1 rings (SSSR count). The molecular weight excluding hydrogens is 218 g/mol. The molecule has 92 valence electrons. The zero-order valence-corrected chi connectivity index (χ0v) is 9.84. The molecule has 0 aliphatic carbocycles. The summed E-state index contributed by atoms with van der Waals surface area (Å²) in [7, 11) is 0. The molecule has 0 N–H and O–H groups in total. The van der Waals surface area contributed by atoms with E-state index in [2.05, 4.69) is 19.7 Å². The number of hydrogen-bond donors (Lipinski definition) is 0. The quantitative estimate of drug-likeness (QED) is 0.657. The molecule has 0 saturated carbocycles. The highest BCUT2D eigenvalue weighted by atomic mass is 16.2. The Morgan fingerprint density at radius 3 is 1.65 bits per heavy atom. The summed E-state index contributed by atoms with van der Waals surface area (Å²) in [6, 6.07) is -0.620. The maximum absolute atomic E-state index is 11.9. The van der Waals surface area contributed by atoms with Crippen molar-refractivity contribution in [2.24, 2.45) is 0 Å². The summed E-state index contributed by atoms with van der Waals surface area (Å²) in [6.45, 7) is 12.0. The predicted molar refractivity (Wildman–Crippen MR) is 66.4 cm³/mol. The Balaban J connectivity index is 2.89. The van der Waals surface area contributed by atoms with E-state index in [9.17, 15) is 9.59 Å². The van der Waals surface area contributed by atoms with Crippen molar-refractivity contribution in [3.8, 4) is 0 Å². The van der Waals surface area contributed by atoms with E-state index in [1.165, 1.54) is 6.08 Å². The van der Waals surface area contributed by atoms with Crippen molar-refractivity contribution in [3.05, 3.63) is 38.0 Å². The van der Waals surface area contributed by atoms with Crippen LogP contribution in [-0.2, 0) is 0 Å². The first-order valence-corrected chi connectivity index (χ1v) is 5.33. The van der Waals surface area contributed by atoms with E-state index >= 15 is 0 Å². The van der Waals surface area contributed by atoms with Gasteiger partial charge in [0, 0.05) is 13.1 Å². The first-order valence-electron chi connectivity index (χ1n) is 5.33. The Labute approximate surface area is 101 Å². The molecule has 1 fully saturated rings. The van der Waals surface area contributed by atoms with Crippen molar-refractivity contribution in [2.45, 2.75) is 0 Å². The molecule has 0 radical (unpaired) electrons. The van der Waals surface area contributed by atoms with Crippen molar-refractivity contribution >= 4 is 12.1 Å². The number of rotatable bonds is 6. The average Bonchev–Trinajstić information content (AvgIpc) is 2.31. The Bertz CT molecular complexity index is 324. The molecule has 5 nitrogen and oxygen atoms in total. The van der Waals surface area contributed by atoms with Crippen LogP contribution in [0.5, 0.6) is 0 Å². The van der Waals surface area contributed by atoms with Gasteiger partial charge < -0.3 is 9.80 Å². The molecule has 1 aliphatic heterocycles. The van der Waals surface area contributed by atoms with Crippen molar-refractivity contribution in [1.29, 1.82) is 0 Å². The van der Waals surface area contributed by atoms with Crippen LogP contribution in [0.4, 0.5) is 9.59 Å². The number of amides is 4. The third-order valence-electron chi connectivity index (χ3n) is 2.35. The van der Waals surface area contributed by atoms with E-state index in [1.54, 1.807) is 22.0 Å². The lowest BCUT2D eigenvalue weighted by Gasteiger charge is -2.39. The lowest BCUT2D eigenvalue weighted by molar-refractivity contribution is 0.0909. The van der Waals surface area contributed by atoms with Crippen LogP contribution in [0, 0.1) is 0 Å². The molecule has 1 aliphatic rings. The topological polar surface area (TPSA) is 43.9 Å². The van der Waals surface area contributed by atoms with Crippen molar-refractivity contribution < 1.29 is 9.59 Å². The molecule has 0 unspecified atom stereocenters. The summed E-state index contributed by atoms with van der Waals surface area (Å²) in [5.74, 6) is 0. The van der Waals surface area contributed by atoms with Gasteiger partial charge in [-0.3, -0.25) is 0 Å². The number of nitrogens with zero attached hydrogens (tertiary/aromatic N) is 3. The van der Waals surface area contributed by atoms with Crippen LogP contribution < -0.4 is 0 Å². The van der Waals surface area contributed by atoms with Gasteiger partial charge in [0.2, 0.25) is 0 Å². The lowest BCUT2D eigenvalue weighted by atomic mass is 10.4. The van der Waals surface area contributed by atoms with Gasteiger partial charge in [-0.15, -0.1) is 19.7 Å². The van der Waals surface area contributed by atoms with Crippen LogP contribution >= 0.6 is 0 Å². The van der Waals surface area contributed by atoms with Crippen molar-refractivity contribution in [3.63, 3.8) is 0 Å². The monoisotopic (exact) mass is 235 g/mol. The smallest absolute Gasteiger partial charge is 0.303 e. The Morgan fingerprint density at radius 2 is 1.29 bits per heavy atom. The summed E-state index contributed by atoms with van der Waals surface area (Å²) >= 11 is 0. The largest absolute Gasteiger partial charge is 0.330 e. The van der Waals surface area contributed by atoms with Gasteiger partial charge in [-0.2, -0.15) is 0 Å². The van der Waals surface area contributed by atoms with E-state index in [-0.39, 0.29) is 25.3 Å². The zero-order valence-electron chi connectivity index (χ0n) is 9.84. The third-order valence-corrected chi connectivity index (χ3v) is 2.35. The second-order valence-corrected chi connectivity index (χ2v) is 3.63. The number of carbonyl (C=O) groups excluding carboxylic acids is 2. The maximum Gasteiger partial charge on any atom is 0.330 e. The van der Waals surface area contributed by atoms with Crippen LogP contribution in [-0.4, -0.2) is 53.1 Å². The number of carbonyl (C=O) groups is 2. The fourth-order valence-corrected chi connectivity index (χ4v) is 1.62. The zero-order chi connectivity index (χ0) is 12.8. The van der Waals surface area contributed by atoms with E-state index in [0.717, 1.165) is 4.90 Å². The number of urea groups is 2. The van der Waals surface area contributed by atoms with Crippen LogP contribution in [0.3, 0.4) is 0 Å². The van der Waals surface area contributed by atoms with E-state index in [0.29, 0.717) is 13.1 Å². The minimum atomic E-state index is -0.310. The van der Waals surface area contributed by atoms with Gasteiger partial charge in [0.1, 0.15) is 0 Å². The van der Waals surface area contributed by atoms with Crippen LogP contribution in [0.25, 0.3) is 0 Å². The maximum atomic E-state index is 11.9. The molecule has 0 atom stereocenters. The van der Waals surface area contributed by atoms with E-state index in [1.807, 2.05) is 0 Å². The fraction of sp³-hybridized carbons (Fsp3) is 0.333. The van der Waals surface area contributed by atoms with Gasteiger partial charge in [0.05, 0.1) is 13.2 Å². The van der Waals surface area contributed by atoms with Gasteiger partial charge in [-0.05, 0) is 0 Å². The highest BCUT2D eigenvalue weighted by molar-refractivity contribution is 5.96. The lowest BCUT2D eigenvalue weighted by Crippen LogP contribution is -2.60. The first-order chi connectivity index (χ1) is 8.15. The first kappa shape index (κ1) is 13.0. The van der Waals surface area contributed by atoms with E-state index in [4.69, 9.17) is 0 Å². The Morgan fingerprint density at radius 1 is 0.882 bits per heavy atom. The summed E-state index contributed by atoms with van der Waals surface area (Å²) in [5, 5.41) is 0. The second-order valence-electron chi connectivity index (χ2n) is 3.63. The molecule has 1 saturated heterocycles. The summed E-state index contributed by atoms with van der Waals surface area (Å²) < 4.78 is 0. The normalized spacial score (nSPS) is 16.1. The molecule has 4 amide bonds. The Hall–Kier alpha value is -2.04. The van der Waals surface area contributed by atoms with Gasteiger partial charge >= 0.3 is 12.1 Å². The molecule has 17 heavy (non-hydrogen) atoms. The molecule has 5 heteroatoms. The van der Waals surface area contributed by atoms with Crippen LogP contribution in [0.15, 0.2) is 38.0 Å². The average molecular weight is 235 g/mol. The minimum absolute atomic E-state index is 0.207. The third kappa shape index (κ3) is 2.75. The summed E-state index contributed by atoms with van der Waals surface area (Å²) in [5.41, 5.74) is 0. The highest BCUT2D eigenvalue weighted by Crippen LogP contribution is 2.12. The molecule has 0 bridgehead atoms. The second kappa shape index (κ2) is 5.89. The molecular formula is C12H17N3O2. The summed E-state index contributed by atoms with van der Waals surface area (Å²) in [6.07, 6.45) is 4.79. The van der Waals surface area contributed by atoms with E-state index < -0.39 is 0 Å². The van der Waals surface area contributed by atoms with Gasteiger partial charge in [0.25, 0.3) is 0 Å². The molecule has 1 heterocycles. The SMILES string of the molecule is C=CCN1CN(CC=C)C(=O)N(CC=C)C1=O. The molecule has 0 aromatic carbocycles. The molecule has 0 aromatic rings. The fourth-order valence-electron chi connectivity index (χ4n) is 1.62. The van der Waals surface area contributed by atoms with Crippen molar-refractivity contribution in [2.75, 3.05) is 26.3 Å². The predicted octanol–water partition coefficient (Wildman–Crippen LogP) is 1.66. The van der Waals surface area contributed by atoms with Crippen molar-refractivity contribution in [1.82, 2.24) is 14.7 Å². The van der Waals surface area contributed by atoms with Crippen LogP contribution in [0.1, 0.15) is 0 Å². The molecule has 0 aromatic heterocycles. The van der Waals surface area contributed by atoms with Gasteiger partial charge in [-0.25, -0.2) is 14.5 Å². The standard InChI is InChI=1S/C12H17N3O2/c1-4-7-13-10-14(8-5-2)12(17)15(9-6-3)11(13)16/h4-6H,1-3,7-10H2. The summed E-state index contributed by atoms with van der Waals surface area (Å²) in [4.78, 5) is 28.1. The number of hydrogen-bond acceptors (Lipinski definition) is 2. The highest BCUT2D eigenvalue weighted by Gasteiger charge is 2.35. The van der Waals surface area contributed by atoms with Gasteiger partial charge in [-0.1, -0.05) is 18.2 Å². The Kier molecular flexibility index (Phi) is 4.51. The van der Waals surface area contributed by atoms with Crippen LogP contribution in [0.2, 0.25) is 0 Å². The molecule has 0 spiro atoms.